The highest BCUT2D eigenvalue weighted by atomic mass is 16.5. The molecule has 0 bridgehead atoms. The standard InChI is InChI=1S/C13H21NO/c1-4-15-13-9-12(14(2)3)10-7-5-6-8-11(10)13/h9-10H,4-8H2,1-3H3. The fraction of sp³-hybridized carbons (Fsp3) is 0.692. The predicted molar refractivity (Wildman–Crippen MR) is 62.4 cm³/mol. The van der Waals surface area contributed by atoms with Crippen molar-refractivity contribution < 1.29 is 4.74 Å². The maximum Gasteiger partial charge on any atom is 0.120 e. The van der Waals surface area contributed by atoms with Gasteiger partial charge in [0.25, 0.3) is 0 Å². The first kappa shape index (κ1) is 10.6. The van der Waals surface area contributed by atoms with E-state index in [2.05, 4.69) is 32.0 Å². The van der Waals surface area contributed by atoms with Crippen molar-refractivity contribution in [3.8, 4) is 0 Å². The van der Waals surface area contributed by atoms with E-state index < -0.39 is 0 Å². The van der Waals surface area contributed by atoms with Crippen LogP contribution in [0.2, 0.25) is 0 Å². The molecule has 2 heteroatoms. The molecule has 84 valence electrons. The first-order chi connectivity index (χ1) is 7.24. The molecule has 0 aliphatic heterocycles. The van der Waals surface area contributed by atoms with Gasteiger partial charge < -0.3 is 9.64 Å². The lowest BCUT2D eigenvalue weighted by molar-refractivity contribution is 0.236. The van der Waals surface area contributed by atoms with E-state index in [1.54, 1.807) is 5.57 Å². The third-order valence-electron chi connectivity index (χ3n) is 3.38. The first-order valence-corrected chi connectivity index (χ1v) is 5.98. The van der Waals surface area contributed by atoms with Gasteiger partial charge >= 0.3 is 0 Å². The summed E-state index contributed by atoms with van der Waals surface area (Å²) in [5.41, 5.74) is 2.99. The van der Waals surface area contributed by atoms with Crippen molar-refractivity contribution in [2.75, 3.05) is 20.7 Å². The Bertz CT molecular complexity index is 302. The Morgan fingerprint density at radius 3 is 2.87 bits per heavy atom. The average molecular weight is 207 g/mol. The first-order valence-electron chi connectivity index (χ1n) is 5.98. The summed E-state index contributed by atoms with van der Waals surface area (Å²) in [5.74, 6) is 1.81. The maximum absolute atomic E-state index is 5.73. The van der Waals surface area contributed by atoms with Crippen LogP contribution in [-0.4, -0.2) is 25.6 Å². The van der Waals surface area contributed by atoms with E-state index in [0.29, 0.717) is 5.92 Å². The van der Waals surface area contributed by atoms with Crippen LogP contribution in [0.4, 0.5) is 0 Å². The van der Waals surface area contributed by atoms with E-state index in [9.17, 15) is 0 Å². The normalized spacial score (nSPS) is 25.0. The summed E-state index contributed by atoms with van der Waals surface area (Å²) in [5, 5.41) is 0. The number of rotatable bonds is 3. The minimum atomic E-state index is 0.648. The van der Waals surface area contributed by atoms with Gasteiger partial charge in [0.05, 0.1) is 6.61 Å². The Balaban J connectivity index is 2.23. The summed E-state index contributed by atoms with van der Waals surface area (Å²) in [7, 11) is 4.26. The second-order valence-electron chi connectivity index (χ2n) is 4.58. The van der Waals surface area contributed by atoms with Crippen LogP contribution in [0, 0.1) is 5.92 Å². The van der Waals surface area contributed by atoms with E-state index >= 15 is 0 Å². The Hall–Kier alpha value is -0.920. The average Bonchev–Trinajstić information content (AvgIpc) is 2.59. The minimum absolute atomic E-state index is 0.648. The van der Waals surface area contributed by atoms with Gasteiger partial charge in [-0.25, -0.2) is 0 Å². The van der Waals surface area contributed by atoms with Crippen LogP contribution in [-0.2, 0) is 4.74 Å². The van der Waals surface area contributed by atoms with E-state index in [-0.39, 0.29) is 0 Å². The van der Waals surface area contributed by atoms with E-state index in [0.717, 1.165) is 12.4 Å². The van der Waals surface area contributed by atoms with Crippen LogP contribution in [0.1, 0.15) is 32.6 Å². The predicted octanol–water partition coefficient (Wildman–Crippen LogP) is 2.93. The molecular formula is C13H21NO. The van der Waals surface area contributed by atoms with Gasteiger partial charge in [0, 0.05) is 25.7 Å². The third kappa shape index (κ3) is 1.90. The SMILES string of the molecule is CCOC1=C2CCCCC2C(N(C)C)=C1. The molecule has 0 spiro atoms. The zero-order chi connectivity index (χ0) is 10.8. The van der Waals surface area contributed by atoms with Crippen molar-refractivity contribution >= 4 is 0 Å². The lowest BCUT2D eigenvalue weighted by Gasteiger charge is -2.27. The van der Waals surface area contributed by atoms with Gasteiger partial charge in [0.15, 0.2) is 0 Å². The Morgan fingerprint density at radius 1 is 1.40 bits per heavy atom. The molecule has 0 amide bonds. The van der Waals surface area contributed by atoms with Gasteiger partial charge in [0.2, 0.25) is 0 Å². The van der Waals surface area contributed by atoms with Crippen LogP contribution in [0.25, 0.3) is 0 Å². The molecule has 0 aromatic rings. The Morgan fingerprint density at radius 2 is 2.20 bits per heavy atom. The lowest BCUT2D eigenvalue weighted by Crippen LogP contribution is -2.20. The molecule has 2 aliphatic carbocycles. The topological polar surface area (TPSA) is 12.5 Å². The van der Waals surface area contributed by atoms with Crippen molar-refractivity contribution in [2.45, 2.75) is 32.6 Å². The number of nitrogens with zero attached hydrogens (tertiary/aromatic N) is 1. The van der Waals surface area contributed by atoms with Crippen molar-refractivity contribution in [3.05, 3.63) is 23.1 Å². The summed E-state index contributed by atoms with van der Waals surface area (Å²) in [4.78, 5) is 2.24. The minimum Gasteiger partial charge on any atom is -0.494 e. The van der Waals surface area contributed by atoms with Crippen LogP contribution in [0.3, 0.4) is 0 Å². The number of fused-ring (bicyclic) bond motifs is 1. The van der Waals surface area contributed by atoms with Gasteiger partial charge in [0.1, 0.15) is 5.76 Å². The fourth-order valence-electron chi connectivity index (χ4n) is 2.69. The largest absolute Gasteiger partial charge is 0.494 e. The summed E-state index contributed by atoms with van der Waals surface area (Å²) in [6.45, 7) is 2.84. The molecule has 0 heterocycles. The van der Waals surface area contributed by atoms with E-state index in [4.69, 9.17) is 4.74 Å². The molecule has 1 atom stereocenters. The van der Waals surface area contributed by atoms with Crippen LogP contribution in [0.5, 0.6) is 0 Å². The van der Waals surface area contributed by atoms with Gasteiger partial charge in [-0.3, -0.25) is 0 Å². The van der Waals surface area contributed by atoms with Crippen LogP contribution < -0.4 is 0 Å². The van der Waals surface area contributed by atoms with Crippen molar-refractivity contribution in [3.63, 3.8) is 0 Å². The van der Waals surface area contributed by atoms with Gasteiger partial charge in [-0.15, -0.1) is 0 Å². The highest BCUT2D eigenvalue weighted by molar-refractivity contribution is 5.39. The van der Waals surface area contributed by atoms with Gasteiger partial charge in [-0.05, 0) is 37.8 Å². The molecule has 2 nitrogen and oxygen atoms in total. The van der Waals surface area contributed by atoms with Gasteiger partial charge in [-0.2, -0.15) is 0 Å². The monoisotopic (exact) mass is 207 g/mol. The number of ether oxygens (including phenoxy) is 1. The maximum atomic E-state index is 5.73. The lowest BCUT2D eigenvalue weighted by atomic mass is 9.84. The summed E-state index contributed by atoms with van der Waals surface area (Å²) < 4.78 is 5.73. The third-order valence-corrected chi connectivity index (χ3v) is 3.38. The summed E-state index contributed by atoms with van der Waals surface area (Å²) >= 11 is 0. The smallest absolute Gasteiger partial charge is 0.120 e. The molecule has 0 radical (unpaired) electrons. The molecule has 15 heavy (non-hydrogen) atoms. The quantitative estimate of drug-likeness (QED) is 0.705. The number of hydrogen-bond donors (Lipinski definition) is 0. The number of hydrogen-bond acceptors (Lipinski definition) is 2. The molecule has 1 unspecified atom stereocenters. The molecular weight excluding hydrogens is 186 g/mol. The van der Waals surface area contributed by atoms with Crippen molar-refractivity contribution in [1.82, 2.24) is 4.90 Å². The van der Waals surface area contributed by atoms with E-state index in [1.165, 1.54) is 31.4 Å². The molecule has 1 saturated carbocycles. The van der Waals surface area contributed by atoms with Crippen LogP contribution in [0.15, 0.2) is 23.1 Å². The van der Waals surface area contributed by atoms with Crippen molar-refractivity contribution in [1.29, 1.82) is 0 Å². The molecule has 0 N–H and O–H groups in total. The van der Waals surface area contributed by atoms with Gasteiger partial charge in [-0.1, -0.05) is 6.42 Å². The Labute approximate surface area is 92.6 Å². The second-order valence-corrected chi connectivity index (χ2v) is 4.58. The van der Waals surface area contributed by atoms with Crippen molar-refractivity contribution in [2.24, 2.45) is 5.92 Å². The van der Waals surface area contributed by atoms with Crippen LogP contribution >= 0.6 is 0 Å². The Kier molecular flexibility index (Phi) is 3.03. The summed E-state index contributed by atoms with van der Waals surface area (Å²) in [6, 6.07) is 0. The molecule has 1 fully saturated rings. The fourth-order valence-corrected chi connectivity index (χ4v) is 2.69. The molecule has 0 aromatic carbocycles. The molecule has 2 rings (SSSR count). The zero-order valence-corrected chi connectivity index (χ0v) is 10.0. The highest BCUT2D eigenvalue weighted by Gasteiger charge is 2.31. The highest BCUT2D eigenvalue weighted by Crippen LogP contribution is 2.42. The molecule has 2 aliphatic rings. The second kappa shape index (κ2) is 4.30. The summed E-state index contributed by atoms with van der Waals surface area (Å²) in [6.07, 6.45) is 7.47. The number of allylic oxidation sites excluding steroid dienone is 2. The molecule has 0 saturated heterocycles. The zero-order valence-electron chi connectivity index (χ0n) is 10.0. The molecule has 0 aromatic heterocycles. The van der Waals surface area contributed by atoms with E-state index in [1.807, 2.05) is 0 Å².